The van der Waals surface area contributed by atoms with Crippen molar-refractivity contribution in [2.24, 2.45) is 0 Å². The number of imidazole rings is 1. The fourth-order valence-electron chi connectivity index (χ4n) is 3.40. The molecule has 4 rings (SSSR count). The molecule has 3 heterocycles. The minimum Gasteiger partial charge on any atom is -0.497 e. The number of benzene rings is 1. The van der Waals surface area contributed by atoms with E-state index in [1.165, 1.54) is 11.3 Å². The van der Waals surface area contributed by atoms with Crippen molar-refractivity contribution in [2.45, 2.75) is 18.9 Å². The van der Waals surface area contributed by atoms with Crippen molar-refractivity contribution in [1.29, 1.82) is 0 Å². The minimum absolute atomic E-state index is 0.0171. The van der Waals surface area contributed by atoms with E-state index in [-0.39, 0.29) is 11.9 Å². The van der Waals surface area contributed by atoms with Gasteiger partial charge in [0, 0.05) is 24.2 Å². The van der Waals surface area contributed by atoms with Crippen LogP contribution in [0.5, 0.6) is 5.75 Å². The Balaban J connectivity index is 1.57. The topological polar surface area (TPSA) is 46.8 Å². The van der Waals surface area contributed by atoms with Gasteiger partial charge in [-0.05, 0) is 36.6 Å². The van der Waals surface area contributed by atoms with Crippen molar-refractivity contribution in [1.82, 2.24) is 14.3 Å². The molecule has 0 aliphatic carbocycles. The van der Waals surface area contributed by atoms with Crippen LogP contribution in [0.3, 0.4) is 0 Å². The third-order valence-electron chi connectivity index (χ3n) is 4.65. The van der Waals surface area contributed by atoms with Crippen LogP contribution >= 0.6 is 22.9 Å². The number of hydrogen-bond acceptors (Lipinski definition) is 4. The zero-order valence-electron chi connectivity index (χ0n) is 14.3. The zero-order valence-corrected chi connectivity index (χ0v) is 15.8. The Morgan fingerprint density at radius 2 is 2.35 bits per heavy atom. The van der Waals surface area contributed by atoms with E-state index in [0.29, 0.717) is 5.15 Å². The lowest BCUT2D eigenvalue weighted by atomic mass is 10.0. The Labute approximate surface area is 160 Å². The van der Waals surface area contributed by atoms with Crippen molar-refractivity contribution in [3.05, 3.63) is 58.3 Å². The lowest BCUT2D eigenvalue weighted by Crippen LogP contribution is -2.28. The number of ether oxygens (including phenoxy) is 1. The summed E-state index contributed by atoms with van der Waals surface area (Å²) in [7, 11) is 1.65. The molecular weight excluding hydrogens is 370 g/mol. The van der Waals surface area contributed by atoms with Gasteiger partial charge in [-0.25, -0.2) is 4.98 Å². The molecule has 1 atom stereocenters. The maximum atomic E-state index is 12.8. The van der Waals surface area contributed by atoms with Crippen molar-refractivity contribution < 1.29 is 9.53 Å². The molecule has 2 aromatic heterocycles. The second-order valence-electron chi connectivity index (χ2n) is 6.14. The summed E-state index contributed by atoms with van der Waals surface area (Å²) in [4.78, 5) is 19.8. The summed E-state index contributed by atoms with van der Waals surface area (Å²) >= 11 is 7.70. The summed E-state index contributed by atoms with van der Waals surface area (Å²) in [6.45, 7) is 0.749. The van der Waals surface area contributed by atoms with Crippen molar-refractivity contribution in [3.8, 4) is 5.75 Å². The molecule has 0 N–H and O–H groups in total. The Morgan fingerprint density at radius 1 is 1.46 bits per heavy atom. The Morgan fingerprint density at radius 3 is 3.19 bits per heavy atom. The number of hydrogen-bond donors (Lipinski definition) is 0. The molecular formula is C19H18ClN3O2S. The lowest BCUT2D eigenvalue weighted by Gasteiger charge is -2.24. The van der Waals surface area contributed by atoms with Crippen LogP contribution in [0.15, 0.2) is 41.9 Å². The van der Waals surface area contributed by atoms with E-state index in [2.05, 4.69) is 4.98 Å². The molecule has 5 nitrogen and oxygen atoms in total. The number of halogens is 1. The average molecular weight is 388 g/mol. The van der Waals surface area contributed by atoms with Gasteiger partial charge in [0.25, 0.3) is 0 Å². The normalized spacial score (nSPS) is 17.5. The Kier molecular flexibility index (Phi) is 4.70. The van der Waals surface area contributed by atoms with Crippen LogP contribution < -0.4 is 4.74 Å². The second kappa shape index (κ2) is 7.13. The molecule has 0 saturated carbocycles. The van der Waals surface area contributed by atoms with Crippen molar-refractivity contribution >= 4 is 39.9 Å². The van der Waals surface area contributed by atoms with Crippen molar-refractivity contribution in [2.75, 3.05) is 13.7 Å². The van der Waals surface area contributed by atoms with Crippen LogP contribution in [0.2, 0.25) is 5.15 Å². The van der Waals surface area contributed by atoms with Crippen LogP contribution in [-0.2, 0) is 4.79 Å². The summed E-state index contributed by atoms with van der Waals surface area (Å²) in [5.41, 5.74) is 1.83. The van der Waals surface area contributed by atoms with Gasteiger partial charge in [-0.15, -0.1) is 11.3 Å². The minimum atomic E-state index is -0.0171. The van der Waals surface area contributed by atoms with E-state index in [4.69, 9.17) is 16.3 Å². The number of carbonyl (C=O) groups is 1. The van der Waals surface area contributed by atoms with Crippen LogP contribution in [0.25, 0.3) is 11.0 Å². The molecule has 134 valence electrons. The molecule has 1 saturated heterocycles. The lowest BCUT2D eigenvalue weighted by molar-refractivity contribution is -0.126. The van der Waals surface area contributed by atoms with E-state index in [1.54, 1.807) is 19.3 Å². The van der Waals surface area contributed by atoms with E-state index in [9.17, 15) is 4.79 Å². The van der Waals surface area contributed by atoms with E-state index < -0.39 is 0 Å². The van der Waals surface area contributed by atoms with Gasteiger partial charge in [0.1, 0.15) is 5.75 Å². The molecule has 1 aliphatic rings. The van der Waals surface area contributed by atoms with Gasteiger partial charge in [-0.3, -0.25) is 9.20 Å². The highest BCUT2D eigenvalue weighted by Gasteiger charge is 2.29. The van der Waals surface area contributed by atoms with Crippen molar-refractivity contribution in [3.63, 3.8) is 0 Å². The maximum absolute atomic E-state index is 12.8. The summed E-state index contributed by atoms with van der Waals surface area (Å²) < 4.78 is 7.20. The SMILES string of the molecule is COc1cccc(C2CCCN2C(=O)/C=C/c2c(Cl)nc3sccn23)c1. The predicted octanol–water partition coefficient (Wildman–Crippen LogP) is 4.43. The number of rotatable bonds is 4. The smallest absolute Gasteiger partial charge is 0.247 e. The highest BCUT2D eigenvalue weighted by atomic mass is 35.5. The van der Waals surface area contributed by atoms with Crippen LogP contribution in [0, 0.1) is 0 Å². The zero-order chi connectivity index (χ0) is 18.1. The average Bonchev–Trinajstić information content (AvgIpc) is 3.36. The van der Waals surface area contributed by atoms with E-state index in [1.807, 2.05) is 45.1 Å². The summed E-state index contributed by atoms with van der Waals surface area (Å²) in [5.74, 6) is 0.791. The first-order chi connectivity index (χ1) is 12.7. The molecule has 1 aromatic carbocycles. The van der Waals surface area contributed by atoms with E-state index in [0.717, 1.165) is 41.4 Å². The monoisotopic (exact) mass is 387 g/mol. The number of aromatic nitrogens is 2. The molecule has 3 aromatic rings. The first kappa shape index (κ1) is 17.1. The molecule has 0 spiro atoms. The van der Waals surface area contributed by atoms with Crippen LogP contribution in [0.1, 0.15) is 30.1 Å². The standard InChI is InChI=1S/C19H18ClN3O2S/c1-25-14-5-2-4-13(12-14)15-6-3-9-22(15)17(24)8-7-16-18(20)21-19-23(16)10-11-26-19/h2,4-5,7-8,10-12,15H,3,6,9H2,1H3/b8-7+. The Bertz CT molecular complexity index is 978. The highest BCUT2D eigenvalue weighted by molar-refractivity contribution is 7.15. The fourth-order valence-corrected chi connectivity index (χ4v) is 4.40. The molecule has 1 unspecified atom stereocenters. The number of nitrogens with zero attached hydrogens (tertiary/aromatic N) is 3. The highest BCUT2D eigenvalue weighted by Crippen LogP contribution is 2.33. The van der Waals surface area contributed by atoms with Gasteiger partial charge in [0.2, 0.25) is 5.91 Å². The second-order valence-corrected chi connectivity index (χ2v) is 7.37. The Hall–Kier alpha value is -2.31. The third kappa shape index (κ3) is 3.10. The van der Waals surface area contributed by atoms with Gasteiger partial charge >= 0.3 is 0 Å². The first-order valence-corrected chi connectivity index (χ1v) is 9.67. The van der Waals surface area contributed by atoms with Crippen LogP contribution in [0.4, 0.5) is 0 Å². The molecule has 26 heavy (non-hydrogen) atoms. The largest absolute Gasteiger partial charge is 0.497 e. The number of methoxy groups -OCH3 is 1. The maximum Gasteiger partial charge on any atom is 0.247 e. The quantitative estimate of drug-likeness (QED) is 0.622. The molecule has 0 radical (unpaired) electrons. The fraction of sp³-hybridized carbons (Fsp3) is 0.263. The van der Waals surface area contributed by atoms with Gasteiger partial charge in [0.05, 0.1) is 18.8 Å². The predicted molar refractivity (Wildman–Crippen MR) is 104 cm³/mol. The molecule has 7 heteroatoms. The number of fused-ring (bicyclic) bond motifs is 1. The number of likely N-dealkylation sites (tertiary alicyclic amines) is 1. The number of thiazole rings is 1. The van der Waals surface area contributed by atoms with Gasteiger partial charge in [-0.1, -0.05) is 23.7 Å². The molecule has 1 fully saturated rings. The number of carbonyl (C=O) groups excluding carboxylic acids is 1. The summed E-state index contributed by atoms with van der Waals surface area (Å²) in [6.07, 6.45) is 7.18. The van der Waals surface area contributed by atoms with Gasteiger partial charge < -0.3 is 9.64 Å². The third-order valence-corrected chi connectivity index (χ3v) is 5.69. The van der Waals surface area contributed by atoms with Crippen LogP contribution in [-0.4, -0.2) is 33.8 Å². The molecule has 1 aliphatic heterocycles. The summed E-state index contributed by atoms with van der Waals surface area (Å²) in [6, 6.07) is 8.00. The summed E-state index contributed by atoms with van der Waals surface area (Å²) in [5, 5.41) is 2.35. The molecule has 1 amide bonds. The number of amides is 1. The van der Waals surface area contributed by atoms with Gasteiger partial charge in [0.15, 0.2) is 10.1 Å². The molecule has 0 bridgehead atoms. The first-order valence-electron chi connectivity index (χ1n) is 8.41. The van der Waals surface area contributed by atoms with Gasteiger partial charge in [-0.2, -0.15) is 0 Å². The van der Waals surface area contributed by atoms with E-state index >= 15 is 0 Å².